The molecule has 0 heterocycles. The second kappa shape index (κ2) is 6.62. The molecular weight excluding hydrogens is 200 g/mol. The van der Waals surface area contributed by atoms with Crippen molar-refractivity contribution in [2.75, 3.05) is 0 Å². The van der Waals surface area contributed by atoms with E-state index in [4.69, 9.17) is 5.26 Å². The Hall–Kier alpha value is -1.82. The fourth-order valence-corrected chi connectivity index (χ4v) is 1.35. The van der Waals surface area contributed by atoms with Crippen LogP contribution in [0.1, 0.15) is 30.9 Å². The third-order valence-electron chi connectivity index (χ3n) is 2.38. The number of carbonyl (C=O) groups excluding carboxylic acids is 1. The lowest BCUT2D eigenvalue weighted by molar-refractivity contribution is -0.121. The van der Waals surface area contributed by atoms with Gasteiger partial charge < -0.3 is 5.32 Å². The molecule has 0 aromatic heterocycles. The van der Waals surface area contributed by atoms with Crippen molar-refractivity contribution in [1.29, 1.82) is 5.26 Å². The quantitative estimate of drug-likeness (QED) is 0.820. The van der Waals surface area contributed by atoms with Crippen LogP contribution in [-0.2, 0) is 17.8 Å². The molecule has 0 aliphatic heterocycles. The maximum absolute atomic E-state index is 11.2. The first-order valence-corrected chi connectivity index (χ1v) is 5.47. The Bertz CT molecular complexity index is 376. The van der Waals surface area contributed by atoms with Gasteiger partial charge in [0, 0.05) is 19.4 Å². The van der Waals surface area contributed by atoms with Gasteiger partial charge in [0.1, 0.15) is 0 Å². The third-order valence-corrected chi connectivity index (χ3v) is 2.38. The Morgan fingerprint density at radius 1 is 1.31 bits per heavy atom. The first kappa shape index (κ1) is 12.3. The predicted octanol–water partition coefficient (Wildman–Crippen LogP) is 2.17. The molecule has 0 radical (unpaired) electrons. The van der Waals surface area contributed by atoms with Gasteiger partial charge >= 0.3 is 0 Å². The molecule has 16 heavy (non-hydrogen) atoms. The van der Waals surface area contributed by atoms with Crippen LogP contribution < -0.4 is 5.32 Å². The van der Waals surface area contributed by atoms with Crippen LogP contribution in [0, 0.1) is 11.3 Å². The maximum atomic E-state index is 11.2. The van der Waals surface area contributed by atoms with E-state index in [9.17, 15) is 4.79 Å². The molecule has 84 valence electrons. The summed E-state index contributed by atoms with van der Waals surface area (Å²) >= 11 is 0. The lowest BCUT2D eigenvalue weighted by atomic mass is 10.1. The van der Waals surface area contributed by atoms with Crippen LogP contribution in [-0.4, -0.2) is 5.91 Å². The van der Waals surface area contributed by atoms with Gasteiger partial charge in [-0.3, -0.25) is 4.79 Å². The van der Waals surface area contributed by atoms with Crippen molar-refractivity contribution < 1.29 is 4.79 Å². The fraction of sp³-hybridized carbons (Fsp3) is 0.385. The molecule has 3 heteroatoms. The molecule has 1 amide bonds. The van der Waals surface area contributed by atoms with Crippen LogP contribution in [0.3, 0.4) is 0 Å². The van der Waals surface area contributed by atoms with Gasteiger partial charge in [0.2, 0.25) is 5.91 Å². The van der Waals surface area contributed by atoms with Crippen LogP contribution >= 0.6 is 0 Å². The van der Waals surface area contributed by atoms with Gasteiger partial charge in [-0.25, -0.2) is 0 Å². The summed E-state index contributed by atoms with van der Waals surface area (Å²) in [6, 6.07) is 10.1. The Morgan fingerprint density at radius 3 is 2.50 bits per heavy atom. The predicted molar refractivity (Wildman–Crippen MR) is 62.5 cm³/mol. The number of amides is 1. The van der Waals surface area contributed by atoms with Crippen LogP contribution in [0.2, 0.25) is 0 Å². The molecule has 1 aromatic rings. The largest absolute Gasteiger partial charge is 0.352 e. The molecule has 1 aromatic carbocycles. The van der Waals surface area contributed by atoms with Crippen molar-refractivity contribution in [2.24, 2.45) is 0 Å². The van der Waals surface area contributed by atoms with Gasteiger partial charge in [0.25, 0.3) is 0 Å². The molecule has 0 spiro atoms. The van der Waals surface area contributed by atoms with E-state index in [1.165, 1.54) is 5.56 Å². The van der Waals surface area contributed by atoms with Crippen molar-refractivity contribution >= 4 is 5.91 Å². The number of nitriles is 1. The SMILES string of the molecule is CCc1ccc(CNC(=O)CCC#N)cc1. The summed E-state index contributed by atoms with van der Waals surface area (Å²) in [6.07, 6.45) is 1.58. The van der Waals surface area contributed by atoms with E-state index in [0.717, 1.165) is 12.0 Å². The monoisotopic (exact) mass is 216 g/mol. The maximum Gasteiger partial charge on any atom is 0.221 e. The summed E-state index contributed by atoms with van der Waals surface area (Å²) < 4.78 is 0. The Balaban J connectivity index is 2.37. The van der Waals surface area contributed by atoms with Crippen molar-refractivity contribution in [3.8, 4) is 6.07 Å². The van der Waals surface area contributed by atoms with Gasteiger partial charge in [-0.15, -0.1) is 0 Å². The first-order valence-electron chi connectivity index (χ1n) is 5.47. The highest BCUT2D eigenvalue weighted by molar-refractivity contribution is 5.76. The second-order valence-electron chi connectivity index (χ2n) is 3.60. The van der Waals surface area contributed by atoms with Crippen LogP contribution in [0.25, 0.3) is 0 Å². The van der Waals surface area contributed by atoms with Gasteiger partial charge in [-0.1, -0.05) is 31.2 Å². The number of nitrogens with zero attached hydrogens (tertiary/aromatic N) is 1. The van der Waals surface area contributed by atoms with E-state index in [-0.39, 0.29) is 18.7 Å². The zero-order valence-corrected chi connectivity index (χ0v) is 9.49. The van der Waals surface area contributed by atoms with Crippen molar-refractivity contribution in [3.05, 3.63) is 35.4 Å². The molecule has 1 rings (SSSR count). The topological polar surface area (TPSA) is 52.9 Å². The molecule has 1 N–H and O–H groups in total. The van der Waals surface area contributed by atoms with Gasteiger partial charge in [0.15, 0.2) is 0 Å². The van der Waals surface area contributed by atoms with Crippen molar-refractivity contribution in [2.45, 2.75) is 32.7 Å². The Morgan fingerprint density at radius 2 is 1.94 bits per heavy atom. The van der Waals surface area contributed by atoms with Gasteiger partial charge in [-0.05, 0) is 17.5 Å². The Labute approximate surface area is 96.1 Å². The standard InChI is InChI=1S/C13H16N2O/c1-2-11-5-7-12(8-6-11)10-15-13(16)4-3-9-14/h5-8H,2-4,10H2,1H3,(H,15,16). The average molecular weight is 216 g/mol. The van der Waals surface area contributed by atoms with Crippen LogP contribution in [0.5, 0.6) is 0 Å². The number of benzene rings is 1. The molecule has 0 unspecified atom stereocenters. The normalized spacial score (nSPS) is 9.50. The summed E-state index contributed by atoms with van der Waals surface area (Å²) in [5.41, 5.74) is 2.38. The molecule has 0 bridgehead atoms. The fourth-order valence-electron chi connectivity index (χ4n) is 1.35. The molecule has 0 aliphatic carbocycles. The zero-order valence-electron chi connectivity index (χ0n) is 9.49. The zero-order chi connectivity index (χ0) is 11.8. The number of hydrogen-bond donors (Lipinski definition) is 1. The smallest absolute Gasteiger partial charge is 0.221 e. The van der Waals surface area contributed by atoms with Crippen LogP contribution in [0.4, 0.5) is 0 Å². The highest BCUT2D eigenvalue weighted by Gasteiger charge is 2.00. The molecular formula is C13H16N2O. The number of aryl methyl sites for hydroxylation is 1. The highest BCUT2D eigenvalue weighted by atomic mass is 16.1. The van der Waals surface area contributed by atoms with E-state index >= 15 is 0 Å². The highest BCUT2D eigenvalue weighted by Crippen LogP contribution is 2.04. The third kappa shape index (κ3) is 4.14. The summed E-state index contributed by atoms with van der Waals surface area (Å²) in [5.74, 6) is -0.0684. The lowest BCUT2D eigenvalue weighted by Gasteiger charge is -2.04. The van der Waals surface area contributed by atoms with Gasteiger partial charge in [0.05, 0.1) is 6.07 Å². The summed E-state index contributed by atoms with van der Waals surface area (Å²) in [7, 11) is 0. The van der Waals surface area contributed by atoms with E-state index in [1.807, 2.05) is 18.2 Å². The molecule has 0 fully saturated rings. The first-order chi connectivity index (χ1) is 7.76. The second-order valence-corrected chi connectivity index (χ2v) is 3.60. The van der Waals surface area contributed by atoms with E-state index in [0.29, 0.717) is 6.54 Å². The van der Waals surface area contributed by atoms with E-state index in [2.05, 4.69) is 24.4 Å². The van der Waals surface area contributed by atoms with E-state index in [1.54, 1.807) is 0 Å². The Kier molecular flexibility index (Phi) is 5.07. The minimum Gasteiger partial charge on any atom is -0.352 e. The molecule has 3 nitrogen and oxygen atoms in total. The number of rotatable bonds is 5. The van der Waals surface area contributed by atoms with Gasteiger partial charge in [-0.2, -0.15) is 5.26 Å². The lowest BCUT2D eigenvalue weighted by Crippen LogP contribution is -2.22. The van der Waals surface area contributed by atoms with Crippen molar-refractivity contribution in [3.63, 3.8) is 0 Å². The van der Waals surface area contributed by atoms with Crippen LogP contribution in [0.15, 0.2) is 24.3 Å². The number of hydrogen-bond acceptors (Lipinski definition) is 2. The van der Waals surface area contributed by atoms with Crippen molar-refractivity contribution in [1.82, 2.24) is 5.32 Å². The molecule has 0 saturated carbocycles. The number of nitrogens with one attached hydrogen (secondary N) is 1. The minimum absolute atomic E-state index is 0.0684. The molecule has 0 saturated heterocycles. The van der Waals surface area contributed by atoms with E-state index < -0.39 is 0 Å². The minimum atomic E-state index is -0.0684. The average Bonchev–Trinajstić information content (AvgIpc) is 2.34. The molecule has 0 aliphatic rings. The summed E-state index contributed by atoms with van der Waals surface area (Å²) in [6.45, 7) is 2.65. The summed E-state index contributed by atoms with van der Waals surface area (Å²) in [4.78, 5) is 11.2. The molecule has 0 atom stereocenters. The summed E-state index contributed by atoms with van der Waals surface area (Å²) in [5, 5.41) is 11.1. The number of carbonyl (C=O) groups is 1.